The van der Waals surface area contributed by atoms with E-state index in [0.717, 1.165) is 44.0 Å². The van der Waals surface area contributed by atoms with Crippen molar-refractivity contribution in [3.05, 3.63) is 0 Å². The molecule has 25 heavy (non-hydrogen) atoms. The number of anilines is 2. The molecule has 8 nitrogen and oxygen atoms in total. The third kappa shape index (κ3) is 3.40. The van der Waals surface area contributed by atoms with Gasteiger partial charge in [0.25, 0.3) is 0 Å². The van der Waals surface area contributed by atoms with Crippen LogP contribution in [-0.2, 0) is 0 Å². The van der Waals surface area contributed by atoms with Crippen LogP contribution in [0.2, 0.25) is 0 Å². The van der Waals surface area contributed by atoms with Crippen molar-refractivity contribution in [1.82, 2.24) is 20.3 Å². The molecule has 2 aromatic heterocycles. The van der Waals surface area contributed by atoms with Gasteiger partial charge in [-0.2, -0.15) is 0 Å². The van der Waals surface area contributed by atoms with Crippen molar-refractivity contribution in [2.24, 2.45) is 5.92 Å². The molecule has 136 valence electrons. The monoisotopic (exact) mass is 346 g/mol. The topological polar surface area (TPSA) is 100 Å². The normalized spacial score (nSPS) is 21.1. The summed E-state index contributed by atoms with van der Waals surface area (Å²) in [4.78, 5) is 11.5. The lowest BCUT2D eigenvalue weighted by Gasteiger charge is -2.35. The Hall–Kier alpha value is -1.96. The van der Waals surface area contributed by atoms with Crippen molar-refractivity contribution >= 4 is 22.9 Å². The minimum Gasteiger partial charge on any atom is -0.393 e. The van der Waals surface area contributed by atoms with Crippen molar-refractivity contribution in [2.45, 2.75) is 64.0 Å². The van der Waals surface area contributed by atoms with Crippen LogP contribution in [-0.4, -0.2) is 50.6 Å². The van der Waals surface area contributed by atoms with Crippen LogP contribution in [0.5, 0.6) is 0 Å². The second kappa shape index (κ2) is 7.11. The Morgan fingerprint density at radius 3 is 2.48 bits per heavy atom. The highest BCUT2D eigenvalue weighted by molar-refractivity contribution is 5.74. The first kappa shape index (κ1) is 16.5. The third-order valence-corrected chi connectivity index (χ3v) is 5.59. The van der Waals surface area contributed by atoms with Crippen LogP contribution in [0.25, 0.3) is 11.3 Å². The van der Waals surface area contributed by atoms with Gasteiger partial charge in [0, 0.05) is 19.1 Å². The van der Waals surface area contributed by atoms with Crippen molar-refractivity contribution in [1.29, 1.82) is 0 Å². The first-order valence-corrected chi connectivity index (χ1v) is 9.44. The maximum Gasteiger partial charge on any atom is 0.245 e. The van der Waals surface area contributed by atoms with Crippen LogP contribution in [0.3, 0.4) is 0 Å². The second-order valence-electron chi connectivity index (χ2n) is 7.23. The minimum absolute atomic E-state index is 0.202. The zero-order valence-electron chi connectivity index (χ0n) is 14.7. The van der Waals surface area contributed by atoms with Crippen molar-refractivity contribution in [3.63, 3.8) is 0 Å². The number of rotatable bonds is 5. The lowest BCUT2D eigenvalue weighted by atomic mass is 9.90. The molecular weight excluding hydrogens is 320 g/mol. The average molecular weight is 346 g/mol. The summed E-state index contributed by atoms with van der Waals surface area (Å²) in [5, 5.41) is 21.4. The molecule has 0 bridgehead atoms. The van der Waals surface area contributed by atoms with Crippen LogP contribution in [0.15, 0.2) is 4.63 Å². The molecule has 0 amide bonds. The van der Waals surface area contributed by atoms with Crippen LogP contribution >= 0.6 is 0 Å². The summed E-state index contributed by atoms with van der Waals surface area (Å²) in [5.41, 5.74) is 0.892. The SMILES string of the molecule is CC[C@H](O)C1CCN(c2nc3nonc3nc2NC2CCCC2)CC1. The zero-order valence-corrected chi connectivity index (χ0v) is 14.7. The molecule has 2 aromatic rings. The number of nitrogens with zero attached hydrogens (tertiary/aromatic N) is 5. The molecule has 1 atom stereocenters. The van der Waals surface area contributed by atoms with Gasteiger partial charge < -0.3 is 15.3 Å². The fraction of sp³-hybridized carbons (Fsp3) is 0.765. The Morgan fingerprint density at radius 2 is 1.80 bits per heavy atom. The average Bonchev–Trinajstić information content (AvgIpc) is 3.32. The van der Waals surface area contributed by atoms with Crippen LogP contribution < -0.4 is 10.2 Å². The fourth-order valence-corrected chi connectivity index (χ4v) is 4.04. The molecule has 8 heteroatoms. The van der Waals surface area contributed by atoms with E-state index in [0.29, 0.717) is 23.3 Å². The van der Waals surface area contributed by atoms with Crippen molar-refractivity contribution < 1.29 is 9.74 Å². The molecule has 0 radical (unpaired) electrons. The van der Waals surface area contributed by atoms with Gasteiger partial charge in [-0.15, -0.1) is 0 Å². The van der Waals surface area contributed by atoms with E-state index < -0.39 is 0 Å². The largest absolute Gasteiger partial charge is 0.393 e. The minimum atomic E-state index is -0.202. The maximum atomic E-state index is 10.1. The molecular formula is C17H26N6O2. The number of aromatic nitrogens is 4. The van der Waals surface area contributed by atoms with E-state index in [4.69, 9.17) is 4.63 Å². The van der Waals surface area contributed by atoms with E-state index in [2.05, 4.69) is 30.5 Å². The Balaban J connectivity index is 1.56. The van der Waals surface area contributed by atoms with Gasteiger partial charge in [-0.3, -0.25) is 0 Å². The molecule has 4 rings (SSSR count). The summed E-state index contributed by atoms with van der Waals surface area (Å²) in [7, 11) is 0. The highest BCUT2D eigenvalue weighted by atomic mass is 16.6. The number of hydrogen-bond donors (Lipinski definition) is 2. The van der Waals surface area contributed by atoms with E-state index >= 15 is 0 Å². The maximum absolute atomic E-state index is 10.1. The summed E-state index contributed by atoms with van der Waals surface area (Å²) in [6.07, 6.45) is 7.40. The lowest BCUT2D eigenvalue weighted by Crippen LogP contribution is -2.38. The Kier molecular flexibility index (Phi) is 4.70. The van der Waals surface area contributed by atoms with Crippen LogP contribution in [0, 0.1) is 5.92 Å². The number of nitrogens with one attached hydrogen (secondary N) is 1. The van der Waals surface area contributed by atoms with Gasteiger partial charge in [0.2, 0.25) is 11.3 Å². The van der Waals surface area contributed by atoms with Gasteiger partial charge in [-0.05, 0) is 48.3 Å². The smallest absolute Gasteiger partial charge is 0.245 e. The number of aliphatic hydroxyl groups is 1. The predicted octanol–water partition coefficient (Wildman–Crippen LogP) is 2.35. The first-order chi connectivity index (χ1) is 12.2. The number of fused-ring (bicyclic) bond motifs is 1. The van der Waals surface area contributed by atoms with E-state index in [1.165, 1.54) is 25.7 Å². The van der Waals surface area contributed by atoms with Gasteiger partial charge in [0.1, 0.15) is 0 Å². The summed E-state index contributed by atoms with van der Waals surface area (Å²) in [5.74, 6) is 1.99. The molecule has 1 aliphatic heterocycles. The number of aliphatic hydroxyl groups excluding tert-OH is 1. The van der Waals surface area contributed by atoms with Gasteiger partial charge in [-0.1, -0.05) is 19.8 Å². The standard InChI is InChI=1S/C17H26N6O2/c1-2-13(24)11-7-9-23(10-8-11)17-16(18-12-5-3-4-6-12)19-14-15(20-17)22-25-21-14/h11-13,24H,2-10H2,1H3,(H,18,19,21)/t13-/m0/s1. The van der Waals surface area contributed by atoms with Crippen molar-refractivity contribution in [2.75, 3.05) is 23.3 Å². The third-order valence-electron chi connectivity index (χ3n) is 5.59. The summed E-state index contributed by atoms with van der Waals surface area (Å²) in [6.45, 7) is 3.77. The molecule has 0 unspecified atom stereocenters. The van der Waals surface area contributed by atoms with Gasteiger partial charge >= 0.3 is 0 Å². The highest BCUT2D eigenvalue weighted by Gasteiger charge is 2.28. The summed E-state index contributed by atoms with van der Waals surface area (Å²) >= 11 is 0. The lowest BCUT2D eigenvalue weighted by molar-refractivity contribution is 0.0892. The molecule has 0 aromatic carbocycles. The highest BCUT2D eigenvalue weighted by Crippen LogP contribution is 2.32. The van der Waals surface area contributed by atoms with E-state index in [1.807, 2.05) is 6.92 Å². The van der Waals surface area contributed by atoms with Gasteiger partial charge in [0.15, 0.2) is 11.6 Å². The quantitative estimate of drug-likeness (QED) is 0.851. The molecule has 1 aliphatic carbocycles. The van der Waals surface area contributed by atoms with Crippen molar-refractivity contribution in [3.8, 4) is 0 Å². The van der Waals surface area contributed by atoms with Gasteiger partial charge in [0.05, 0.1) is 6.10 Å². The van der Waals surface area contributed by atoms with Crippen LogP contribution in [0.1, 0.15) is 51.9 Å². The van der Waals surface area contributed by atoms with E-state index in [1.54, 1.807) is 0 Å². The molecule has 2 fully saturated rings. The Bertz CT molecular complexity index is 706. The molecule has 1 saturated heterocycles. The second-order valence-corrected chi connectivity index (χ2v) is 7.23. The first-order valence-electron chi connectivity index (χ1n) is 9.44. The molecule has 3 heterocycles. The Labute approximate surface area is 147 Å². The summed E-state index contributed by atoms with van der Waals surface area (Å²) in [6, 6.07) is 0.449. The van der Waals surface area contributed by atoms with Gasteiger partial charge in [-0.25, -0.2) is 14.6 Å². The fourth-order valence-electron chi connectivity index (χ4n) is 4.04. The summed E-state index contributed by atoms with van der Waals surface area (Å²) < 4.78 is 4.79. The molecule has 0 spiro atoms. The van der Waals surface area contributed by atoms with Crippen LogP contribution in [0.4, 0.5) is 11.6 Å². The number of piperidine rings is 1. The molecule has 1 saturated carbocycles. The molecule has 2 aliphatic rings. The van der Waals surface area contributed by atoms with E-state index in [-0.39, 0.29) is 6.10 Å². The Morgan fingerprint density at radius 1 is 1.12 bits per heavy atom. The van der Waals surface area contributed by atoms with E-state index in [9.17, 15) is 5.11 Å². The zero-order chi connectivity index (χ0) is 17.2. The predicted molar refractivity (Wildman–Crippen MR) is 94.5 cm³/mol. The molecule has 2 N–H and O–H groups in total. The number of hydrogen-bond acceptors (Lipinski definition) is 8.